The maximum atomic E-state index is 5.68. The number of nitrogens with zero attached hydrogens (tertiary/aromatic N) is 4. The maximum Gasteiger partial charge on any atom is 0.239 e. The zero-order valence-electron chi connectivity index (χ0n) is 11.0. The van der Waals surface area contributed by atoms with E-state index in [1.165, 1.54) is 10.9 Å². The molecular formula is C15H15N5. The number of para-hydroxylation sites is 1. The highest BCUT2D eigenvalue weighted by molar-refractivity contribution is 5.82. The van der Waals surface area contributed by atoms with E-state index < -0.39 is 0 Å². The zero-order chi connectivity index (χ0) is 13.5. The Morgan fingerprint density at radius 1 is 1.20 bits per heavy atom. The van der Waals surface area contributed by atoms with E-state index in [2.05, 4.69) is 39.3 Å². The summed E-state index contributed by atoms with van der Waals surface area (Å²) < 4.78 is 1.94. The van der Waals surface area contributed by atoms with Gasteiger partial charge in [-0.25, -0.2) is 4.68 Å². The first kappa shape index (κ1) is 11.4. The number of hydrogen-bond donors (Lipinski definition) is 1. The van der Waals surface area contributed by atoms with E-state index in [-0.39, 0.29) is 0 Å². The first-order valence-electron chi connectivity index (χ1n) is 6.84. The Balaban J connectivity index is 1.77. The number of aryl methyl sites for hydroxylation is 1. The highest BCUT2D eigenvalue weighted by Crippen LogP contribution is 2.31. The zero-order valence-corrected chi connectivity index (χ0v) is 11.0. The van der Waals surface area contributed by atoms with Crippen LogP contribution in [0, 0.1) is 0 Å². The molecule has 2 N–H and O–H groups in total. The van der Waals surface area contributed by atoms with Crippen LogP contribution in [0.4, 0.5) is 5.95 Å². The van der Waals surface area contributed by atoms with Gasteiger partial charge in [0.05, 0.1) is 12.1 Å². The number of fused-ring (bicyclic) bond motifs is 2. The van der Waals surface area contributed by atoms with E-state index in [0.29, 0.717) is 11.9 Å². The summed E-state index contributed by atoms with van der Waals surface area (Å²) in [6.07, 6.45) is 3.83. The van der Waals surface area contributed by atoms with Crippen molar-refractivity contribution in [2.45, 2.75) is 25.3 Å². The standard InChI is InChI=1S/C15H15N5/c16-15-18-13-7-6-11(9-20(13)19-15)12-5-1-3-10-4-2-8-17-14(10)12/h1-5,8,11H,6-7,9H2,(H2,16,19). The molecule has 2 aromatic heterocycles. The molecule has 1 aliphatic rings. The smallest absolute Gasteiger partial charge is 0.239 e. The largest absolute Gasteiger partial charge is 0.366 e. The molecule has 0 radical (unpaired) electrons. The molecule has 0 aliphatic carbocycles. The fraction of sp³-hybridized carbons (Fsp3) is 0.267. The molecule has 0 amide bonds. The van der Waals surface area contributed by atoms with Gasteiger partial charge < -0.3 is 5.73 Å². The van der Waals surface area contributed by atoms with Crippen LogP contribution in [0.15, 0.2) is 36.5 Å². The molecule has 0 bridgehead atoms. The highest BCUT2D eigenvalue weighted by atomic mass is 15.4. The summed E-state index contributed by atoms with van der Waals surface area (Å²) in [5, 5.41) is 5.46. The average molecular weight is 265 g/mol. The molecule has 0 spiro atoms. The molecule has 1 unspecified atom stereocenters. The molecule has 1 aliphatic heterocycles. The van der Waals surface area contributed by atoms with Crippen molar-refractivity contribution in [2.75, 3.05) is 5.73 Å². The second kappa shape index (κ2) is 4.30. The van der Waals surface area contributed by atoms with Gasteiger partial charge in [-0.15, -0.1) is 5.10 Å². The quantitative estimate of drug-likeness (QED) is 0.732. The number of benzene rings is 1. The van der Waals surface area contributed by atoms with Gasteiger partial charge in [-0.05, 0) is 18.1 Å². The second-order valence-corrected chi connectivity index (χ2v) is 5.23. The maximum absolute atomic E-state index is 5.68. The molecule has 0 saturated carbocycles. The lowest BCUT2D eigenvalue weighted by atomic mass is 9.90. The SMILES string of the molecule is Nc1nc2n(n1)CC(c1cccc3cccnc13)CC2. The van der Waals surface area contributed by atoms with Crippen LogP contribution in [0.25, 0.3) is 10.9 Å². The van der Waals surface area contributed by atoms with E-state index >= 15 is 0 Å². The van der Waals surface area contributed by atoms with Gasteiger partial charge in [0.25, 0.3) is 0 Å². The predicted octanol–water partition coefficient (Wildman–Crippen LogP) is 2.14. The second-order valence-electron chi connectivity index (χ2n) is 5.23. The topological polar surface area (TPSA) is 69.6 Å². The summed E-state index contributed by atoms with van der Waals surface area (Å²) in [6.45, 7) is 0.829. The summed E-state index contributed by atoms with van der Waals surface area (Å²) in [5.74, 6) is 1.78. The van der Waals surface area contributed by atoms with Gasteiger partial charge in [-0.2, -0.15) is 4.98 Å². The average Bonchev–Trinajstić information content (AvgIpc) is 2.85. The van der Waals surface area contributed by atoms with E-state index in [9.17, 15) is 0 Å². The van der Waals surface area contributed by atoms with Crippen molar-refractivity contribution >= 4 is 16.9 Å². The number of pyridine rings is 1. The molecule has 5 heteroatoms. The lowest BCUT2D eigenvalue weighted by Crippen LogP contribution is -2.20. The minimum atomic E-state index is 0.372. The Morgan fingerprint density at radius 2 is 2.10 bits per heavy atom. The number of anilines is 1. The third-order valence-electron chi connectivity index (χ3n) is 3.98. The van der Waals surface area contributed by atoms with Gasteiger partial charge in [0.15, 0.2) is 0 Å². The van der Waals surface area contributed by atoms with E-state index in [0.717, 1.165) is 30.7 Å². The number of aromatic nitrogens is 4. The molecule has 3 heterocycles. The molecular weight excluding hydrogens is 250 g/mol. The van der Waals surface area contributed by atoms with Crippen molar-refractivity contribution in [1.29, 1.82) is 0 Å². The van der Waals surface area contributed by atoms with Crippen LogP contribution in [0.1, 0.15) is 23.7 Å². The summed E-state index contributed by atoms with van der Waals surface area (Å²) in [5.41, 5.74) is 8.07. The fourth-order valence-corrected chi connectivity index (χ4v) is 3.04. The Kier molecular flexibility index (Phi) is 2.45. The summed E-state index contributed by atoms with van der Waals surface area (Å²) in [4.78, 5) is 8.80. The Hall–Kier alpha value is -2.43. The molecule has 100 valence electrons. The summed E-state index contributed by atoms with van der Waals surface area (Å²) in [6, 6.07) is 10.5. The summed E-state index contributed by atoms with van der Waals surface area (Å²) in [7, 11) is 0. The van der Waals surface area contributed by atoms with Crippen molar-refractivity contribution in [2.24, 2.45) is 0 Å². The predicted molar refractivity (Wildman–Crippen MR) is 77.2 cm³/mol. The van der Waals surface area contributed by atoms with E-state index in [1.54, 1.807) is 0 Å². The van der Waals surface area contributed by atoms with Crippen molar-refractivity contribution in [1.82, 2.24) is 19.7 Å². The first-order chi connectivity index (χ1) is 9.81. The van der Waals surface area contributed by atoms with Crippen molar-refractivity contribution in [3.05, 3.63) is 47.9 Å². The van der Waals surface area contributed by atoms with Gasteiger partial charge >= 0.3 is 0 Å². The van der Waals surface area contributed by atoms with E-state index in [1.807, 2.05) is 16.9 Å². The fourth-order valence-electron chi connectivity index (χ4n) is 3.04. The van der Waals surface area contributed by atoms with Gasteiger partial charge in [0.2, 0.25) is 5.95 Å². The number of nitrogen functional groups attached to an aromatic ring is 1. The van der Waals surface area contributed by atoms with Crippen molar-refractivity contribution < 1.29 is 0 Å². The highest BCUT2D eigenvalue weighted by Gasteiger charge is 2.23. The lowest BCUT2D eigenvalue weighted by Gasteiger charge is -2.23. The van der Waals surface area contributed by atoms with Crippen LogP contribution in [0.3, 0.4) is 0 Å². The van der Waals surface area contributed by atoms with Gasteiger partial charge in [0, 0.05) is 23.9 Å². The normalized spacial score (nSPS) is 18.1. The minimum absolute atomic E-state index is 0.372. The van der Waals surface area contributed by atoms with Crippen LogP contribution in [0.5, 0.6) is 0 Å². The molecule has 0 fully saturated rings. The van der Waals surface area contributed by atoms with E-state index in [4.69, 9.17) is 5.73 Å². The van der Waals surface area contributed by atoms with Crippen LogP contribution in [-0.2, 0) is 13.0 Å². The molecule has 1 aromatic carbocycles. The summed E-state index contributed by atoms with van der Waals surface area (Å²) >= 11 is 0. The number of nitrogens with two attached hydrogens (primary N) is 1. The Bertz CT molecular complexity index is 772. The van der Waals surface area contributed by atoms with Gasteiger partial charge in [0.1, 0.15) is 5.82 Å². The van der Waals surface area contributed by atoms with Crippen LogP contribution < -0.4 is 5.73 Å². The molecule has 3 aromatic rings. The van der Waals surface area contributed by atoms with Crippen molar-refractivity contribution in [3.8, 4) is 0 Å². The monoisotopic (exact) mass is 265 g/mol. The third-order valence-corrected chi connectivity index (χ3v) is 3.98. The third kappa shape index (κ3) is 1.74. The first-order valence-corrected chi connectivity index (χ1v) is 6.84. The molecule has 5 nitrogen and oxygen atoms in total. The Labute approximate surface area is 116 Å². The van der Waals surface area contributed by atoms with Crippen LogP contribution >= 0.6 is 0 Å². The number of hydrogen-bond acceptors (Lipinski definition) is 4. The van der Waals surface area contributed by atoms with Crippen LogP contribution in [-0.4, -0.2) is 19.7 Å². The van der Waals surface area contributed by atoms with Gasteiger partial charge in [-0.3, -0.25) is 4.98 Å². The molecule has 0 saturated heterocycles. The van der Waals surface area contributed by atoms with Gasteiger partial charge in [-0.1, -0.05) is 24.3 Å². The van der Waals surface area contributed by atoms with Crippen molar-refractivity contribution in [3.63, 3.8) is 0 Å². The Morgan fingerprint density at radius 3 is 3.05 bits per heavy atom. The minimum Gasteiger partial charge on any atom is -0.366 e. The number of rotatable bonds is 1. The lowest BCUT2D eigenvalue weighted by molar-refractivity contribution is 0.425. The molecule has 1 atom stereocenters. The van der Waals surface area contributed by atoms with Crippen LogP contribution in [0.2, 0.25) is 0 Å². The molecule has 20 heavy (non-hydrogen) atoms. The molecule has 4 rings (SSSR count).